The van der Waals surface area contributed by atoms with Gasteiger partial charge in [-0.1, -0.05) is 26.7 Å². The van der Waals surface area contributed by atoms with Crippen molar-refractivity contribution in [3.8, 4) is 0 Å². The molecule has 2 N–H and O–H groups in total. The summed E-state index contributed by atoms with van der Waals surface area (Å²) in [6.45, 7) is 8.92. The second-order valence-electron chi connectivity index (χ2n) is 6.88. The number of hydrogen-bond donors (Lipinski definition) is 1. The van der Waals surface area contributed by atoms with Crippen LogP contribution in [0.25, 0.3) is 0 Å². The van der Waals surface area contributed by atoms with Crippen LogP contribution in [0.3, 0.4) is 0 Å². The minimum absolute atomic E-state index is 0.544. The molecule has 2 heterocycles. The lowest BCUT2D eigenvalue weighted by Crippen LogP contribution is -2.40. The van der Waals surface area contributed by atoms with Crippen molar-refractivity contribution < 1.29 is 0 Å². The fourth-order valence-electron chi connectivity index (χ4n) is 3.52. The number of aromatic nitrogens is 2. The van der Waals surface area contributed by atoms with E-state index in [1.807, 2.05) is 0 Å². The smallest absolute Gasteiger partial charge is 0.137 e. The first-order chi connectivity index (χ1) is 10.1. The van der Waals surface area contributed by atoms with Gasteiger partial charge in [-0.3, -0.25) is 0 Å². The minimum Gasteiger partial charge on any atom is -0.383 e. The summed E-state index contributed by atoms with van der Waals surface area (Å²) >= 11 is 0. The van der Waals surface area contributed by atoms with Crippen molar-refractivity contribution in [2.45, 2.75) is 65.2 Å². The SMILES string of the molecule is CCC1(CC)CCN(c2nc(C3CC3)nc(N)c2C)CC1. The molecule has 2 fully saturated rings. The van der Waals surface area contributed by atoms with Gasteiger partial charge in [0.15, 0.2) is 0 Å². The van der Waals surface area contributed by atoms with E-state index in [1.54, 1.807) is 0 Å². The molecule has 2 aliphatic rings. The third kappa shape index (κ3) is 2.72. The number of anilines is 2. The average Bonchev–Trinajstić information content (AvgIpc) is 3.35. The molecule has 0 amide bonds. The quantitative estimate of drug-likeness (QED) is 0.918. The molecule has 0 unspecified atom stereocenters. The highest BCUT2D eigenvalue weighted by molar-refractivity contribution is 5.57. The summed E-state index contributed by atoms with van der Waals surface area (Å²) in [5.41, 5.74) is 7.72. The van der Waals surface area contributed by atoms with Gasteiger partial charge in [-0.25, -0.2) is 9.97 Å². The fourth-order valence-corrected chi connectivity index (χ4v) is 3.52. The first-order valence-electron chi connectivity index (χ1n) is 8.47. The maximum atomic E-state index is 6.12. The molecule has 1 aromatic heterocycles. The summed E-state index contributed by atoms with van der Waals surface area (Å²) in [6, 6.07) is 0. The molecule has 21 heavy (non-hydrogen) atoms. The van der Waals surface area contributed by atoms with E-state index in [2.05, 4.69) is 30.7 Å². The first-order valence-corrected chi connectivity index (χ1v) is 8.47. The Morgan fingerprint density at radius 3 is 2.29 bits per heavy atom. The van der Waals surface area contributed by atoms with Crippen LogP contribution in [0.5, 0.6) is 0 Å². The van der Waals surface area contributed by atoms with Gasteiger partial charge in [0.1, 0.15) is 17.5 Å². The van der Waals surface area contributed by atoms with Crippen molar-refractivity contribution in [2.75, 3.05) is 23.7 Å². The van der Waals surface area contributed by atoms with E-state index in [0.717, 1.165) is 30.3 Å². The van der Waals surface area contributed by atoms with Crippen molar-refractivity contribution in [1.82, 2.24) is 9.97 Å². The summed E-state index contributed by atoms with van der Waals surface area (Å²) in [5.74, 6) is 3.28. The van der Waals surface area contributed by atoms with Crippen LogP contribution in [-0.4, -0.2) is 23.1 Å². The third-order valence-corrected chi connectivity index (χ3v) is 5.74. The third-order valence-electron chi connectivity index (χ3n) is 5.74. The maximum absolute atomic E-state index is 6.12. The largest absolute Gasteiger partial charge is 0.383 e. The van der Waals surface area contributed by atoms with Crippen molar-refractivity contribution in [1.29, 1.82) is 0 Å². The van der Waals surface area contributed by atoms with Gasteiger partial charge in [-0.2, -0.15) is 0 Å². The molecule has 0 spiro atoms. The zero-order valence-electron chi connectivity index (χ0n) is 13.7. The van der Waals surface area contributed by atoms with Gasteiger partial charge >= 0.3 is 0 Å². The highest BCUT2D eigenvalue weighted by Crippen LogP contribution is 2.42. The average molecular weight is 288 g/mol. The van der Waals surface area contributed by atoms with E-state index < -0.39 is 0 Å². The maximum Gasteiger partial charge on any atom is 0.137 e. The summed E-state index contributed by atoms with van der Waals surface area (Å²) < 4.78 is 0. The predicted octanol–water partition coefficient (Wildman–Crippen LogP) is 3.65. The summed E-state index contributed by atoms with van der Waals surface area (Å²) in [7, 11) is 0. The lowest BCUT2D eigenvalue weighted by molar-refractivity contribution is 0.199. The van der Waals surface area contributed by atoms with Crippen LogP contribution in [0, 0.1) is 12.3 Å². The topological polar surface area (TPSA) is 55.0 Å². The Morgan fingerprint density at radius 1 is 1.14 bits per heavy atom. The van der Waals surface area contributed by atoms with E-state index in [4.69, 9.17) is 10.7 Å². The molecule has 4 heteroatoms. The van der Waals surface area contributed by atoms with Crippen LogP contribution in [0.2, 0.25) is 0 Å². The number of nitrogens with two attached hydrogens (primary N) is 1. The van der Waals surface area contributed by atoms with E-state index in [1.165, 1.54) is 38.5 Å². The Hall–Kier alpha value is -1.32. The molecule has 0 atom stereocenters. The van der Waals surface area contributed by atoms with Crippen molar-refractivity contribution in [2.24, 2.45) is 5.41 Å². The van der Waals surface area contributed by atoms with Crippen LogP contribution in [0.15, 0.2) is 0 Å². The van der Waals surface area contributed by atoms with Crippen molar-refractivity contribution in [3.63, 3.8) is 0 Å². The molecule has 3 rings (SSSR count). The molecular formula is C17H28N4. The standard InChI is InChI=1S/C17H28N4/c1-4-17(5-2)8-10-21(11-9-17)16-12(3)14(18)19-15(20-16)13-6-7-13/h13H,4-11H2,1-3H3,(H2,18,19,20). The summed E-state index contributed by atoms with van der Waals surface area (Å²) in [6.07, 6.45) is 7.54. The van der Waals surface area contributed by atoms with E-state index in [0.29, 0.717) is 17.2 Å². The van der Waals surface area contributed by atoms with Gasteiger partial charge in [-0.05, 0) is 38.0 Å². The predicted molar refractivity (Wildman–Crippen MR) is 87.6 cm³/mol. The zero-order chi connectivity index (χ0) is 15.0. The zero-order valence-corrected chi connectivity index (χ0v) is 13.7. The van der Waals surface area contributed by atoms with Gasteiger partial charge in [0.2, 0.25) is 0 Å². The van der Waals surface area contributed by atoms with Crippen LogP contribution < -0.4 is 10.6 Å². The van der Waals surface area contributed by atoms with Crippen molar-refractivity contribution in [3.05, 3.63) is 11.4 Å². The molecule has 1 saturated heterocycles. The van der Waals surface area contributed by atoms with E-state index >= 15 is 0 Å². The monoisotopic (exact) mass is 288 g/mol. The number of piperidine rings is 1. The fraction of sp³-hybridized carbons (Fsp3) is 0.765. The van der Waals surface area contributed by atoms with Crippen LogP contribution >= 0.6 is 0 Å². The molecule has 1 aliphatic heterocycles. The molecule has 116 valence electrons. The Labute approximate surface area is 128 Å². The Bertz CT molecular complexity index is 508. The lowest BCUT2D eigenvalue weighted by atomic mass is 9.74. The molecule has 1 aliphatic carbocycles. The number of hydrogen-bond acceptors (Lipinski definition) is 4. The number of nitrogen functional groups attached to an aromatic ring is 1. The second kappa shape index (κ2) is 5.47. The molecule has 4 nitrogen and oxygen atoms in total. The van der Waals surface area contributed by atoms with Gasteiger partial charge in [0.25, 0.3) is 0 Å². The number of nitrogens with zero attached hydrogens (tertiary/aromatic N) is 3. The Balaban J connectivity index is 1.81. The molecule has 0 bridgehead atoms. The van der Waals surface area contributed by atoms with Gasteiger partial charge in [0.05, 0.1) is 0 Å². The minimum atomic E-state index is 0.544. The molecular weight excluding hydrogens is 260 g/mol. The lowest BCUT2D eigenvalue weighted by Gasteiger charge is -2.42. The van der Waals surface area contributed by atoms with Gasteiger partial charge < -0.3 is 10.6 Å². The van der Waals surface area contributed by atoms with Crippen LogP contribution in [-0.2, 0) is 0 Å². The van der Waals surface area contributed by atoms with E-state index in [-0.39, 0.29) is 0 Å². The van der Waals surface area contributed by atoms with Crippen LogP contribution in [0.1, 0.15) is 69.7 Å². The highest BCUT2D eigenvalue weighted by Gasteiger charge is 2.33. The Morgan fingerprint density at radius 2 is 1.76 bits per heavy atom. The Kier molecular flexibility index (Phi) is 3.80. The first kappa shape index (κ1) is 14.6. The molecule has 1 saturated carbocycles. The normalized spacial score (nSPS) is 21.6. The summed E-state index contributed by atoms with van der Waals surface area (Å²) in [5, 5.41) is 0. The molecule has 1 aromatic rings. The molecule has 0 aromatic carbocycles. The van der Waals surface area contributed by atoms with Crippen LogP contribution in [0.4, 0.5) is 11.6 Å². The highest BCUT2D eigenvalue weighted by atomic mass is 15.2. The molecule has 0 radical (unpaired) electrons. The second-order valence-corrected chi connectivity index (χ2v) is 6.88. The number of rotatable bonds is 4. The van der Waals surface area contributed by atoms with Gasteiger partial charge in [-0.15, -0.1) is 0 Å². The van der Waals surface area contributed by atoms with Crippen molar-refractivity contribution >= 4 is 11.6 Å². The van der Waals surface area contributed by atoms with Gasteiger partial charge in [0, 0.05) is 24.6 Å². The van der Waals surface area contributed by atoms with E-state index in [9.17, 15) is 0 Å². The summed E-state index contributed by atoms with van der Waals surface area (Å²) in [4.78, 5) is 11.8.